The van der Waals surface area contributed by atoms with Gasteiger partial charge in [-0.25, -0.2) is 4.79 Å². The molecule has 1 rings (SSSR count). The third kappa shape index (κ3) is 6.22. The Morgan fingerprint density at radius 1 is 1.20 bits per heavy atom. The molecule has 1 unspecified atom stereocenters. The van der Waals surface area contributed by atoms with Crippen molar-refractivity contribution in [2.45, 2.75) is 32.7 Å². The maximum Gasteiger partial charge on any atom is 0.312 e. The fourth-order valence-electron chi connectivity index (χ4n) is 1.97. The van der Waals surface area contributed by atoms with Crippen LogP contribution in [0.5, 0.6) is 0 Å². The first-order valence-electron chi connectivity index (χ1n) is 6.86. The number of benzene rings is 1. The largest absolute Gasteiger partial charge is 0.354 e. The van der Waals surface area contributed by atoms with Gasteiger partial charge in [0, 0.05) is 6.54 Å². The Morgan fingerprint density at radius 2 is 1.85 bits per heavy atom. The zero-order valence-electron chi connectivity index (χ0n) is 12.1. The molecule has 0 fully saturated rings. The van der Waals surface area contributed by atoms with Crippen molar-refractivity contribution in [3.63, 3.8) is 0 Å². The lowest BCUT2D eigenvalue weighted by Crippen LogP contribution is -2.49. The number of nitrogens with one attached hydrogen (secondary N) is 2. The Balaban J connectivity index is 2.43. The van der Waals surface area contributed by atoms with E-state index in [1.807, 2.05) is 44.2 Å². The van der Waals surface area contributed by atoms with Crippen LogP contribution < -0.4 is 16.4 Å². The molecule has 0 radical (unpaired) electrons. The summed E-state index contributed by atoms with van der Waals surface area (Å²) in [5.41, 5.74) is 6.26. The van der Waals surface area contributed by atoms with Gasteiger partial charge in [0.15, 0.2) is 0 Å². The van der Waals surface area contributed by atoms with E-state index in [2.05, 4.69) is 10.6 Å². The van der Waals surface area contributed by atoms with Gasteiger partial charge in [-0.15, -0.1) is 0 Å². The van der Waals surface area contributed by atoms with Crippen molar-refractivity contribution in [1.29, 1.82) is 0 Å². The van der Waals surface area contributed by atoms with Gasteiger partial charge < -0.3 is 16.4 Å². The van der Waals surface area contributed by atoms with Crippen molar-refractivity contribution in [2.75, 3.05) is 6.54 Å². The average Bonchev–Trinajstić information content (AvgIpc) is 2.38. The summed E-state index contributed by atoms with van der Waals surface area (Å²) in [6, 6.07) is 8.68. The molecule has 0 aliphatic rings. The van der Waals surface area contributed by atoms with E-state index in [1.54, 1.807) is 0 Å². The molecular weight excluding hydrogens is 254 g/mol. The van der Waals surface area contributed by atoms with Gasteiger partial charge in [-0.2, -0.15) is 0 Å². The summed E-state index contributed by atoms with van der Waals surface area (Å²) in [7, 11) is 0. The maximum atomic E-state index is 12.0. The molecule has 0 heterocycles. The van der Waals surface area contributed by atoms with E-state index in [1.165, 1.54) is 0 Å². The summed E-state index contributed by atoms with van der Waals surface area (Å²) in [5.74, 6) is 0.111. The number of urea groups is 1. The van der Waals surface area contributed by atoms with Crippen LogP contribution >= 0.6 is 0 Å². The maximum absolute atomic E-state index is 12.0. The van der Waals surface area contributed by atoms with Crippen molar-refractivity contribution in [1.82, 2.24) is 10.6 Å². The minimum Gasteiger partial charge on any atom is -0.354 e. The number of primary amides is 1. The number of carbonyl (C=O) groups is 2. The van der Waals surface area contributed by atoms with Crippen LogP contribution in [0.25, 0.3) is 0 Å². The zero-order valence-corrected chi connectivity index (χ0v) is 12.1. The molecule has 1 aromatic rings. The fourth-order valence-corrected chi connectivity index (χ4v) is 1.97. The van der Waals surface area contributed by atoms with Crippen molar-refractivity contribution in [3.8, 4) is 0 Å². The lowest BCUT2D eigenvalue weighted by Gasteiger charge is -2.19. The predicted octanol–water partition coefficient (Wildman–Crippen LogP) is 1.43. The monoisotopic (exact) mass is 277 g/mol. The number of hydrogen-bond acceptors (Lipinski definition) is 2. The van der Waals surface area contributed by atoms with Crippen LogP contribution in [0.3, 0.4) is 0 Å². The van der Waals surface area contributed by atoms with E-state index in [9.17, 15) is 9.59 Å². The molecule has 5 nitrogen and oxygen atoms in total. The quantitative estimate of drug-likeness (QED) is 0.704. The fraction of sp³-hybridized carbons (Fsp3) is 0.467. The van der Waals surface area contributed by atoms with E-state index < -0.39 is 12.1 Å². The minimum atomic E-state index is -0.672. The van der Waals surface area contributed by atoms with E-state index >= 15 is 0 Å². The molecule has 0 aliphatic carbocycles. The van der Waals surface area contributed by atoms with E-state index in [0.717, 1.165) is 12.0 Å². The van der Waals surface area contributed by atoms with Crippen LogP contribution in [0.15, 0.2) is 30.3 Å². The molecule has 0 saturated heterocycles. The first kappa shape index (κ1) is 16.0. The molecule has 20 heavy (non-hydrogen) atoms. The van der Waals surface area contributed by atoms with Crippen molar-refractivity contribution < 1.29 is 9.59 Å². The second-order valence-electron chi connectivity index (χ2n) is 5.22. The van der Waals surface area contributed by atoms with Crippen LogP contribution in [-0.4, -0.2) is 24.5 Å². The van der Waals surface area contributed by atoms with Gasteiger partial charge >= 0.3 is 6.03 Å². The molecular formula is C15H23N3O2. The normalized spacial score (nSPS) is 11.9. The highest BCUT2D eigenvalue weighted by Gasteiger charge is 2.20. The van der Waals surface area contributed by atoms with Crippen LogP contribution in [0.2, 0.25) is 0 Å². The molecule has 0 bridgehead atoms. The first-order valence-corrected chi connectivity index (χ1v) is 6.86. The van der Waals surface area contributed by atoms with Gasteiger partial charge in [0.25, 0.3) is 0 Å². The molecule has 5 heteroatoms. The van der Waals surface area contributed by atoms with Gasteiger partial charge in [-0.05, 0) is 24.3 Å². The lowest BCUT2D eigenvalue weighted by atomic mass is 10.0. The molecule has 0 aromatic heterocycles. The Labute approximate surface area is 119 Å². The van der Waals surface area contributed by atoms with E-state index in [-0.39, 0.29) is 5.91 Å². The van der Waals surface area contributed by atoms with E-state index in [4.69, 9.17) is 5.73 Å². The number of carbonyl (C=O) groups excluding carboxylic acids is 2. The highest BCUT2D eigenvalue weighted by atomic mass is 16.2. The first-order chi connectivity index (χ1) is 9.49. The zero-order chi connectivity index (χ0) is 15.0. The molecule has 0 saturated carbocycles. The van der Waals surface area contributed by atoms with Crippen molar-refractivity contribution in [2.24, 2.45) is 11.7 Å². The summed E-state index contributed by atoms with van der Waals surface area (Å²) in [4.78, 5) is 22.9. The van der Waals surface area contributed by atoms with Gasteiger partial charge in [-0.3, -0.25) is 4.79 Å². The van der Waals surface area contributed by atoms with Gasteiger partial charge in [0.05, 0.1) is 0 Å². The highest BCUT2D eigenvalue weighted by molar-refractivity contribution is 5.86. The average molecular weight is 277 g/mol. The van der Waals surface area contributed by atoms with Crippen LogP contribution in [0, 0.1) is 5.92 Å². The Bertz CT molecular complexity index is 432. The molecule has 0 aliphatic heterocycles. The molecule has 1 aromatic carbocycles. The minimum absolute atomic E-state index is 0.187. The smallest absolute Gasteiger partial charge is 0.312 e. The molecule has 110 valence electrons. The van der Waals surface area contributed by atoms with Gasteiger partial charge in [0.2, 0.25) is 5.91 Å². The molecule has 3 amide bonds. The van der Waals surface area contributed by atoms with Crippen LogP contribution in [0.4, 0.5) is 4.79 Å². The second kappa shape index (κ2) is 8.19. The Hall–Kier alpha value is -2.04. The topological polar surface area (TPSA) is 84.2 Å². The SMILES string of the molecule is CC(C)CC(NC(N)=O)C(=O)NCCc1ccccc1. The van der Waals surface area contributed by atoms with Gasteiger partial charge in [0.1, 0.15) is 6.04 Å². The Kier molecular flexibility index (Phi) is 6.56. The Morgan fingerprint density at radius 3 is 2.40 bits per heavy atom. The number of nitrogens with two attached hydrogens (primary N) is 1. The van der Waals surface area contributed by atoms with E-state index in [0.29, 0.717) is 18.9 Å². The number of amides is 3. The van der Waals surface area contributed by atoms with Crippen LogP contribution in [0.1, 0.15) is 25.8 Å². The predicted molar refractivity (Wildman–Crippen MR) is 79.1 cm³/mol. The van der Waals surface area contributed by atoms with Crippen LogP contribution in [-0.2, 0) is 11.2 Å². The summed E-state index contributed by atoms with van der Waals surface area (Å²) < 4.78 is 0. The third-order valence-corrected chi connectivity index (χ3v) is 2.90. The molecule has 0 spiro atoms. The molecule has 4 N–H and O–H groups in total. The lowest BCUT2D eigenvalue weighted by molar-refractivity contribution is -0.123. The standard InChI is InChI=1S/C15H23N3O2/c1-11(2)10-13(18-15(16)20)14(19)17-9-8-12-6-4-3-5-7-12/h3-7,11,13H,8-10H2,1-2H3,(H,17,19)(H3,16,18,20). The third-order valence-electron chi connectivity index (χ3n) is 2.90. The van der Waals surface area contributed by atoms with Crippen molar-refractivity contribution in [3.05, 3.63) is 35.9 Å². The molecule has 1 atom stereocenters. The van der Waals surface area contributed by atoms with Crippen molar-refractivity contribution >= 4 is 11.9 Å². The summed E-state index contributed by atoms with van der Waals surface area (Å²) in [6.07, 6.45) is 1.33. The summed E-state index contributed by atoms with van der Waals surface area (Å²) >= 11 is 0. The number of hydrogen-bond donors (Lipinski definition) is 3. The summed E-state index contributed by atoms with van der Waals surface area (Å²) in [5, 5.41) is 5.32. The number of rotatable bonds is 7. The van der Waals surface area contributed by atoms with Gasteiger partial charge in [-0.1, -0.05) is 44.2 Å². The highest BCUT2D eigenvalue weighted by Crippen LogP contribution is 2.05. The second-order valence-corrected chi connectivity index (χ2v) is 5.22. The summed E-state index contributed by atoms with van der Waals surface area (Å²) in [6.45, 7) is 4.53.